The molecule has 1 unspecified atom stereocenters. The van der Waals surface area contributed by atoms with Gasteiger partial charge in [0.1, 0.15) is 0 Å². The van der Waals surface area contributed by atoms with Crippen molar-refractivity contribution in [1.82, 2.24) is 10.0 Å². The molecule has 1 aliphatic carbocycles. The predicted octanol–water partition coefficient (Wildman–Crippen LogP) is 2.10. The molecule has 8 heteroatoms. The molecule has 1 aromatic rings. The molecule has 2 rings (SSSR count). The lowest BCUT2D eigenvalue weighted by Gasteiger charge is -2.18. The highest BCUT2D eigenvalue weighted by molar-refractivity contribution is 7.89. The van der Waals surface area contributed by atoms with E-state index in [-0.39, 0.29) is 35.3 Å². The van der Waals surface area contributed by atoms with Gasteiger partial charge in [-0.3, -0.25) is 4.79 Å². The van der Waals surface area contributed by atoms with Crippen molar-refractivity contribution in [2.75, 3.05) is 6.54 Å². The maximum absolute atomic E-state index is 12.5. The third kappa shape index (κ3) is 6.26. The summed E-state index contributed by atoms with van der Waals surface area (Å²) in [6.45, 7) is 4.25. The van der Waals surface area contributed by atoms with Crippen LogP contribution in [0.25, 0.3) is 0 Å². The number of amides is 1. The van der Waals surface area contributed by atoms with Gasteiger partial charge in [-0.05, 0) is 43.9 Å². The average Bonchev–Trinajstić information content (AvgIpc) is 3.34. The van der Waals surface area contributed by atoms with Crippen LogP contribution in [0.3, 0.4) is 0 Å². The van der Waals surface area contributed by atoms with Crippen LogP contribution in [0.4, 0.5) is 0 Å². The minimum atomic E-state index is -3.57. The maximum atomic E-state index is 12.5. The summed E-state index contributed by atoms with van der Waals surface area (Å²) in [5, 5.41) is 2.91. The van der Waals surface area contributed by atoms with Crippen LogP contribution in [0.5, 0.6) is 0 Å². The van der Waals surface area contributed by atoms with Crippen molar-refractivity contribution in [1.29, 1.82) is 0 Å². The Morgan fingerprint density at radius 2 is 2.04 bits per heavy atom. The highest BCUT2D eigenvalue weighted by Gasteiger charge is 2.28. The van der Waals surface area contributed by atoms with Crippen LogP contribution in [0.2, 0.25) is 0 Å². The van der Waals surface area contributed by atoms with E-state index in [1.165, 1.54) is 12.1 Å². The Hall–Kier alpha value is -1.15. The minimum absolute atomic E-state index is 0. The van der Waals surface area contributed by atoms with E-state index in [9.17, 15) is 13.2 Å². The van der Waals surface area contributed by atoms with Crippen molar-refractivity contribution in [2.45, 2.75) is 62.9 Å². The fourth-order valence-corrected chi connectivity index (χ4v) is 3.79. The zero-order valence-corrected chi connectivity index (χ0v) is 16.4. The van der Waals surface area contributed by atoms with Gasteiger partial charge in [-0.15, -0.1) is 12.4 Å². The first-order valence-corrected chi connectivity index (χ1v) is 9.99. The normalized spacial score (nSPS) is 15.3. The van der Waals surface area contributed by atoms with Crippen molar-refractivity contribution in [2.24, 2.45) is 5.73 Å². The number of carbonyl (C=O) groups is 1. The first-order valence-electron chi connectivity index (χ1n) is 8.51. The van der Waals surface area contributed by atoms with Crippen LogP contribution in [-0.2, 0) is 10.0 Å². The van der Waals surface area contributed by atoms with E-state index in [1.54, 1.807) is 13.0 Å². The smallest absolute Gasteiger partial charge is 0.251 e. The number of carbonyl (C=O) groups excluding carboxylic acids is 1. The van der Waals surface area contributed by atoms with E-state index >= 15 is 0 Å². The molecule has 0 aromatic heterocycles. The number of benzene rings is 1. The van der Waals surface area contributed by atoms with Gasteiger partial charge in [-0.25, -0.2) is 13.1 Å². The monoisotopic (exact) mass is 389 g/mol. The van der Waals surface area contributed by atoms with E-state index in [0.717, 1.165) is 37.7 Å². The fraction of sp³-hybridized carbons (Fsp3) is 0.588. The van der Waals surface area contributed by atoms with E-state index in [1.807, 2.05) is 0 Å². The van der Waals surface area contributed by atoms with Crippen LogP contribution < -0.4 is 15.8 Å². The summed E-state index contributed by atoms with van der Waals surface area (Å²) in [5.41, 5.74) is 6.84. The summed E-state index contributed by atoms with van der Waals surface area (Å²) < 4.78 is 27.3. The Labute approximate surface area is 156 Å². The highest BCUT2D eigenvalue weighted by atomic mass is 35.5. The van der Waals surface area contributed by atoms with E-state index in [0.29, 0.717) is 12.1 Å². The molecule has 6 nitrogen and oxygen atoms in total. The second kappa shape index (κ2) is 9.52. The van der Waals surface area contributed by atoms with Crippen LogP contribution in [0.15, 0.2) is 23.1 Å². The first kappa shape index (κ1) is 21.9. The number of halogens is 1. The molecular weight excluding hydrogens is 362 g/mol. The molecule has 0 aliphatic heterocycles. The molecular formula is C17H28ClN3O3S. The lowest BCUT2D eigenvalue weighted by molar-refractivity contribution is 0.0935. The molecule has 1 atom stereocenters. The molecule has 0 bridgehead atoms. The van der Waals surface area contributed by atoms with Gasteiger partial charge in [0.15, 0.2) is 0 Å². The molecule has 0 heterocycles. The largest absolute Gasteiger partial charge is 0.348 e. The molecule has 142 valence electrons. The lowest BCUT2D eigenvalue weighted by Crippen LogP contribution is -2.40. The van der Waals surface area contributed by atoms with Crippen molar-refractivity contribution >= 4 is 28.3 Å². The van der Waals surface area contributed by atoms with Gasteiger partial charge in [0.05, 0.1) is 4.90 Å². The van der Waals surface area contributed by atoms with Crippen LogP contribution in [-0.4, -0.2) is 33.0 Å². The standard InChI is InChI=1S/C17H27N3O3S.ClH/c1-3-4-5-14(11-18)19-17(21)16-10-15(9-6-12(16)2)24(22,23)20-13-7-8-13;/h6,9-10,13-14,20H,3-5,7-8,11,18H2,1-2H3,(H,19,21);1H. The molecule has 1 amide bonds. The third-order valence-electron chi connectivity index (χ3n) is 4.19. The van der Waals surface area contributed by atoms with Crippen LogP contribution in [0.1, 0.15) is 54.9 Å². The zero-order chi connectivity index (χ0) is 17.7. The summed E-state index contributed by atoms with van der Waals surface area (Å²) >= 11 is 0. The van der Waals surface area contributed by atoms with Crippen LogP contribution >= 0.6 is 12.4 Å². The number of sulfonamides is 1. The number of aryl methyl sites for hydroxylation is 1. The minimum Gasteiger partial charge on any atom is -0.348 e. The second-order valence-electron chi connectivity index (χ2n) is 6.42. The Balaban J connectivity index is 0.00000312. The Kier molecular flexibility index (Phi) is 8.34. The summed E-state index contributed by atoms with van der Waals surface area (Å²) in [5.74, 6) is -0.275. The van der Waals surface area contributed by atoms with Crippen molar-refractivity contribution in [3.63, 3.8) is 0 Å². The zero-order valence-electron chi connectivity index (χ0n) is 14.7. The third-order valence-corrected chi connectivity index (χ3v) is 5.71. The molecule has 4 N–H and O–H groups in total. The number of nitrogens with one attached hydrogen (secondary N) is 2. The molecule has 1 saturated carbocycles. The van der Waals surface area contributed by atoms with Crippen molar-refractivity contribution in [3.05, 3.63) is 29.3 Å². The SMILES string of the molecule is CCCCC(CN)NC(=O)c1cc(S(=O)(=O)NC2CC2)ccc1C.Cl. The number of nitrogens with two attached hydrogens (primary N) is 1. The van der Waals surface area contributed by atoms with Gasteiger partial charge in [0.25, 0.3) is 5.91 Å². The number of rotatable bonds is 9. The summed E-state index contributed by atoms with van der Waals surface area (Å²) in [4.78, 5) is 12.7. The van der Waals surface area contributed by atoms with Gasteiger partial charge in [-0.2, -0.15) is 0 Å². The molecule has 1 aromatic carbocycles. The Morgan fingerprint density at radius 1 is 1.36 bits per heavy atom. The fourth-order valence-electron chi connectivity index (χ4n) is 2.46. The average molecular weight is 390 g/mol. The molecule has 1 aliphatic rings. The van der Waals surface area contributed by atoms with E-state index < -0.39 is 10.0 Å². The number of hydrogen-bond acceptors (Lipinski definition) is 4. The summed E-state index contributed by atoms with van der Waals surface area (Å²) in [6, 6.07) is 4.59. The van der Waals surface area contributed by atoms with Gasteiger partial charge in [-0.1, -0.05) is 25.8 Å². The van der Waals surface area contributed by atoms with E-state index in [2.05, 4.69) is 17.0 Å². The van der Waals surface area contributed by atoms with Gasteiger partial charge in [0.2, 0.25) is 10.0 Å². The molecule has 1 fully saturated rings. The number of unbranched alkanes of at least 4 members (excludes halogenated alkanes) is 1. The molecule has 0 radical (unpaired) electrons. The number of hydrogen-bond donors (Lipinski definition) is 3. The van der Waals surface area contributed by atoms with Crippen molar-refractivity contribution in [3.8, 4) is 0 Å². The van der Waals surface area contributed by atoms with Gasteiger partial charge in [0, 0.05) is 24.2 Å². The first-order chi connectivity index (χ1) is 11.4. The Bertz CT molecular complexity index is 690. The summed E-state index contributed by atoms with van der Waals surface area (Å²) in [7, 11) is -3.57. The predicted molar refractivity (Wildman–Crippen MR) is 102 cm³/mol. The van der Waals surface area contributed by atoms with E-state index in [4.69, 9.17) is 5.73 Å². The second-order valence-corrected chi connectivity index (χ2v) is 8.13. The van der Waals surface area contributed by atoms with Gasteiger partial charge < -0.3 is 11.1 Å². The van der Waals surface area contributed by atoms with Gasteiger partial charge >= 0.3 is 0 Å². The summed E-state index contributed by atoms with van der Waals surface area (Å²) in [6.07, 6.45) is 4.58. The maximum Gasteiger partial charge on any atom is 0.251 e. The van der Waals surface area contributed by atoms with Crippen molar-refractivity contribution < 1.29 is 13.2 Å². The lowest BCUT2D eigenvalue weighted by atomic mass is 10.1. The topological polar surface area (TPSA) is 101 Å². The molecule has 25 heavy (non-hydrogen) atoms. The highest BCUT2D eigenvalue weighted by Crippen LogP contribution is 2.23. The van der Waals surface area contributed by atoms with Crippen LogP contribution in [0, 0.1) is 6.92 Å². The molecule has 0 saturated heterocycles. The Morgan fingerprint density at radius 3 is 2.60 bits per heavy atom. The molecule has 0 spiro atoms. The quantitative estimate of drug-likeness (QED) is 0.601.